The first-order chi connectivity index (χ1) is 13.7. The third kappa shape index (κ3) is 5.64. The van der Waals surface area contributed by atoms with Gasteiger partial charge in [0.25, 0.3) is 0 Å². The number of allylic oxidation sites excluding steroid dienone is 3. The van der Waals surface area contributed by atoms with E-state index in [1.807, 2.05) is 6.08 Å². The molecule has 1 heterocycles. The molecule has 0 saturated heterocycles. The monoisotopic (exact) mass is 406 g/mol. The molecule has 0 bridgehead atoms. The second kappa shape index (κ2) is 9.06. The van der Waals surface area contributed by atoms with Gasteiger partial charge in [-0.05, 0) is 61.3 Å². The first-order valence-corrected chi connectivity index (χ1v) is 10.3. The highest BCUT2D eigenvalue weighted by Crippen LogP contribution is 2.39. The maximum absolute atomic E-state index is 13.2. The second-order valence-corrected chi connectivity index (χ2v) is 8.34. The van der Waals surface area contributed by atoms with Crippen LogP contribution in [0.4, 0.5) is 18.9 Å². The summed E-state index contributed by atoms with van der Waals surface area (Å²) in [5.41, 5.74) is 0.967. The fraction of sp³-hybridized carbons (Fsp3) is 0.522. The van der Waals surface area contributed by atoms with Crippen molar-refractivity contribution in [3.05, 3.63) is 53.6 Å². The van der Waals surface area contributed by atoms with Crippen molar-refractivity contribution in [1.29, 1.82) is 0 Å². The molecule has 6 heteroatoms. The van der Waals surface area contributed by atoms with Gasteiger partial charge in [-0.25, -0.2) is 0 Å². The lowest BCUT2D eigenvalue weighted by Crippen LogP contribution is -2.41. The van der Waals surface area contributed by atoms with Gasteiger partial charge in [-0.1, -0.05) is 31.2 Å². The Bertz CT molecular complexity index is 785. The summed E-state index contributed by atoms with van der Waals surface area (Å²) in [5.74, 6) is 0.851. The van der Waals surface area contributed by atoms with E-state index in [2.05, 4.69) is 35.8 Å². The van der Waals surface area contributed by atoms with Gasteiger partial charge in [-0.15, -0.1) is 0 Å². The molecule has 0 spiro atoms. The van der Waals surface area contributed by atoms with Crippen LogP contribution in [0.5, 0.6) is 0 Å². The van der Waals surface area contributed by atoms with Crippen LogP contribution in [0, 0.1) is 17.8 Å². The van der Waals surface area contributed by atoms with Crippen LogP contribution in [-0.2, 0) is 17.4 Å². The molecular formula is C23H29F3N2O. The first-order valence-electron chi connectivity index (χ1n) is 10.3. The second-order valence-electron chi connectivity index (χ2n) is 8.34. The average Bonchev–Trinajstić information content (AvgIpc) is 2.69. The van der Waals surface area contributed by atoms with Crippen molar-refractivity contribution in [3.8, 4) is 0 Å². The Morgan fingerprint density at radius 1 is 1.31 bits per heavy atom. The molecule has 1 amide bonds. The first kappa shape index (κ1) is 21.5. The summed E-state index contributed by atoms with van der Waals surface area (Å²) in [6.07, 6.45) is 7.49. The quantitative estimate of drug-likeness (QED) is 0.669. The summed E-state index contributed by atoms with van der Waals surface area (Å²) >= 11 is 0. The molecule has 0 fully saturated rings. The van der Waals surface area contributed by atoms with Gasteiger partial charge in [0.05, 0.1) is 5.56 Å². The molecule has 0 saturated carbocycles. The lowest BCUT2D eigenvalue weighted by atomic mass is 9.75. The minimum Gasteiger partial charge on any atom is -0.381 e. The van der Waals surface area contributed by atoms with Crippen LogP contribution < -0.4 is 10.6 Å². The van der Waals surface area contributed by atoms with Gasteiger partial charge in [-0.3, -0.25) is 4.79 Å². The van der Waals surface area contributed by atoms with E-state index in [0.29, 0.717) is 24.8 Å². The van der Waals surface area contributed by atoms with E-state index < -0.39 is 11.7 Å². The van der Waals surface area contributed by atoms with E-state index in [4.69, 9.17) is 0 Å². The van der Waals surface area contributed by atoms with Crippen LogP contribution in [0.15, 0.2) is 42.5 Å². The van der Waals surface area contributed by atoms with Crippen LogP contribution in [0.2, 0.25) is 0 Å². The molecule has 1 aromatic carbocycles. The predicted octanol–water partition coefficient (Wildman–Crippen LogP) is 5.34. The highest BCUT2D eigenvalue weighted by molar-refractivity contribution is 5.72. The molecule has 2 aliphatic rings. The van der Waals surface area contributed by atoms with Crippen LogP contribution in [0.3, 0.4) is 0 Å². The molecular weight excluding hydrogens is 377 g/mol. The van der Waals surface area contributed by atoms with Gasteiger partial charge in [-0.2, -0.15) is 13.2 Å². The normalized spacial score (nSPS) is 24.5. The summed E-state index contributed by atoms with van der Waals surface area (Å²) < 4.78 is 39.5. The lowest BCUT2D eigenvalue weighted by Gasteiger charge is -2.39. The molecule has 1 unspecified atom stereocenters. The van der Waals surface area contributed by atoms with Crippen molar-refractivity contribution in [2.24, 2.45) is 17.8 Å². The molecule has 0 aromatic heterocycles. The molecule has 2 N–H and O–H groups in total. The largest absolute Gasteiger partial charge is 0.416 e. The minimum absolute atomic E-state index is 0.0400. The number of nitrogens with one attached hydrogen (secondary N) is 2. The molecule has 3 nitrogen and oxygen atoms in total. The lowest BCUT2D eigenvalue weighted by molar-refractivity contribution is -0.137. The maximum atomic E-state index is 13.2. The van der Waals surface area contributed by atoms with Crippen molar-refractivity contribution >= 4 is 11.6 Å². The van der Waals surface area contributed by atoms with Crippen molar-refractivity contribution in [2.75, 3.05) is 11.9 Å². The Balaban J connectivity index is 1.76. The predicted molar refractivity (Wildman–Crippen MR) is 110 cm³/mol. The third-order valence-electron chi connectivity index (χ3n) is 5.95. The van der Waals surface area contributed by atoms with Crippen LogP contribution in [0.25, 0.3) is 0 Å². The zero-order valence-electron chi connectivity index (χ0n) is 16.9. The van der Waals surface area contributed by atoms with Gasteiger partial charge in [0.15, 0.2) is 0 Å². The van der Waals surface area contributed by atoms with Gasteiger partial charge in [0, 0.05) is 31.1 Å². The molecule has 0 radical (unpaired) electrons. The van der Waals surface area contributed by atoms with E-state index >= 15 is 0 Å². The minimum atomic E-state index is -4.33. The highest BCUT2D eigenvalue weighted by atomic mass is 19.4. The zero-order valence-corrected chi connectivity index (χ0v) is 16.9. The molecule has 4 atom stereocenters. The van der Waals surface area contributed by atoms with Gasteiger partial charge in [0.1, 0.15) is 0 Å². The van der Waals surface area contributed by atoms with E-state index in [9.17, 15) is 18.0 Å². The number of hydrogen-bond donors (Lipinski definition) is 2. The van der Waals surface area contributed by atoms with Crippen molar-refractivity contribution in [1.82, 2.24) is 5.32 Å². The SMILES string of the molecule is CC(=O)NC[C@H](C)CC[C@@H]1Cc2cc(C(F)(F)F)ccc2N[C@H]1C1C=CC=CC1. The number of fused-ring (bicyclic) bond motifs is 1. The van der Waals surface area contributed by atoms with Crippen molar-refractivity contribution in [2.45, 2.75) is 51.7 Å². The standard InChI is InChI=1S/C23H29F3N2O/c1-15(14-27-16(2)29)8-9-18-12-19-13-20(23(24,25)26)10-11-21(19)28-22(18)17-6-4-3-5-7-17/h3-6,10-11,13,15,17-18,22,28H,7-9,12,14H2,1-2H3,(H,27,29)/t15-,17?,18-,22+/m1/s1. The van der Waals surface area contributed by atoms with Gasteiger partial charge >= 0.3 is 6.18 Å². The number of alkyl halides is 3. The number of halogens is 3. The maximum Gasteiger partial charge on any atom is 0.416 e. The van der Waals surface area contributed by atoms with Crippen LogP contribution in [-0.4, -0.2) is 18.5 Å². The number of hydrogen-bond acceptors (Lipinski definition) is 2. The van der Waals surface area contributed by atoms with Crippen LogP contribution >= 0.6 is 0 Å². The Morgan fingerprint density at radius 3 is 2.76 bits per heavy atom. The molecule has 158 valence electrons. The fourth-order valence-corrected chi connectivity index (χ4v) is 4.31. The fourth-order valence-electron chi connectivity index (χ4n) is 4.31. The summed E-state index contributed by atoms with van der Waals surface area (Å²) in [7, 11) is 0. The third-order valence-corrected chi connectivity index (χ3v) is 5.95. The van der Waals surface area contributed by atoms with E-state index in [-0.39, 0.29) is 17.9 Å². The molecule has 29 heavy (non-hydrogen) atoms. The molecule has 1 aliphatic carbocycles. The van der Waals surface area contributed by atoms with Crippen molar-refractivity contribution < 1.29 is 18.0 Å². The van der Waals surface area contributed by atoms with Crippen LogP contribution in [0.1, 0.15) is 44.2 Å². The van der Waals surface area contributed by atoms with Gasteiger partial charge in [0.2, 0.25) is 5.91 Å². The number of benzene rings is 1. The summed E-state index contributed by atoms with van der Waals surface area (Å²) in [6.45, 7) is 4.23. The number of rotatable bonds is 6. The Morgan fingerprint density at radius 2 is 2.10 bits per heavy atom. The number of carbonyl (C=O) groups is 1. The topological polar surface area (TPSA) is 41.1 Å². The molecule has 1 aromatic rings. The number of amides is 1. The van der Waals surface area contributed by atoms with E-state index in [1.54, 1.807) is 6.07 Å². The Kier molecular flexibility index (Phi) is 6.70. The summed E-state index contributed by atoms with van der Waals surface area (Å²) in [6, 6.07) is 4.22. The smallest absolute Gasteiger partial charge is 0.381 e. The average molecular weight is 406 g/mol. The highest BCUT2D eigenvalue weighted by Gasteiger charge is 2.36. The molecule has 1 aliphatic heterocycles. The Labute approximate surface area is 170 Å². The van der Waals surface area contributed by atoms with E-state index in [1.165, 1.54) is 13.0 Å². The number of carbonyl (C=O) groups excluding carboxylic acids is 1. The Hall–Kier alpha value is -2.24. The summed E-state index contributed by atoms with van der Waals surface area (Å²) in [4.78, 5) is 11.1. The zero-order chi connectivity index (χ0) is 21.0. The summed E-state index contributed by atoms with van der Waals surface area (Å²) in [5, 5.41) is 6.39. The van der Waals surface area contributed by atoms with E-state index in [0.717, 1.165) is 36.6 Å². The molecule has 3 rings (SSSR count). The van der Waals surface area contributed by atoms with Gasteiger partial charge < -0.3 is 10.6 Å². The number of anilines is 1. The van der Waals surface area contributed by atoms with Crippen molar-refractivity contribution in [3.63, 3.8) is 0 Å².